The first-order valence-electron chi connectivity index (χ1n) is 10.8. The van der Waals surface area contributed by atoms with Crippen LogP contribution in [-0.4, -0.2) is 11.8 Å². The third-order valence-corrected chi connectivity index (χ3v) is 7.70. The lowest BCUT2D eigenvalue weighted by Gasteiger charge is -2.41. The van der Waals surface area contributed by atoms with Gasteiger partial charge < -0.3 is 10.1 Å². The number of halogens is 3. The fourth-order valence-corrected chi connectivity index (χ4v) is 5.85. The van der Waals surface area contributed by atoms with Crippen LogP contribution in [0.5, 0.6) is 0 Å². The maximum absolute atomic E-state index is 15.5. The normalized spacial score (nSPS) is 33.0. The lowest BCUT2D eigenvalue weighted by molar-refractivity contribution is 0.191. The molecule has 1 aliphatic heterocycles. The van der Waals surface area contributed by atoms with E-state index >= 15 is 8.78 Å². The second-order valence-electron chi connectivity index (χ2n) is 9.15. The zero-order valence-electron chi connectivity index (χ0n) is 17.9. The fourth-order valence-electron chi connectivity index (χ4n) is 5.85. The van der Waals surface area contributed by atoms with Gasteiger partial charge in [0.05, 0.1) is 17.7 Å². The van der Waals surface area contributed by atoms with Crippen molar-refractivity contribution in [3.8, 4) is 0 Å². The van der Waals surface area contributed by atoms with Gasteiger partial charge in [0.25, 0.3) is 0 Å². The minimum Gasteiger partial charge on any atom is -0.465 e. The van der Waals surface area contributed by atoms with Crippen molar-refractivity contribution >= 4 is 17.5 Å². The molecule has 3 aliphatic rings. The van der Waals surface area contributed by atoms with E-state index in [0.717, 1.165) is 27.9 Å². The molecule has 2 aromatic rings. The van der Waals surface area contributed by atoms with E-state index in [-0.39, 0.29) is 11.7 Å². The average Bonchev–Trinajstić information content (AvgIpc) is 3.17. The van der Waals surface area contributed by atoms with E-state index in [1.165, 1.54) is 13.0 Å². The lowest BCUT2D eigenvalue weighted by atomic mass is 9.68. The third kappa shape index (κ3) is 2.58. The van der Waals surface area contributed by atoms with Crippen molar-refractivity contribution < 1.29 is 17.9 Å². The van der Waals surface area contributed by atoms with Crippen molar-refractivity contribution in [1.82, 2.24) is 0 Å². The van der Waals surface area contributed by atoms with Crippen LogP contribution in [0.2, 0.25) is 0 Å². The molecule has 0 radical (unpaired) electrons. The quantitative estimate of drug-likeness (QED) is 0.560. The first-order chi connectivity index (χ1) is 14.7. The molecule has 1 spiro atoms. The lowest BCUT2D eigenvalue weighted by Crippen LogP contribution is -2.36. The minimum absolute atomic E-state index is 0.0858. The summed E-state index contributed by atoms with van der Waals surface area (Å²) in [5.41, 5.74) is 1.54. The highest BCUT2D eigenvalue weighted by Crippen LogP contribution is 2.73. The number of ether oxygens (including phenoxy) is 1. The molecule has 0 amide bonds. The van der Waals surface area contributed by atoms with Crippen molar-refractivity contribution in [2.75, 3.05) is 5.32 Å². The summed E-state index contributed by atoms with van der Waals surface area (Å²) in [6.45, 7) is 9.05. The van der Waals surface area contributed by atoms with Crippen LogP contribution in [0.3, 0.4) is 0 Å². The Labute approximate surface area is 180 Å². The van der Waals surface area contributed by atoms with E-state index in [1.807, 2.05) is 31.2 Å². The third-order valence-electron chi connectivity index (χ3n) is 7.70. The highest BCUT2D eigenvalue weighted by Gasteiger charge is 2.81. The van der Waals surface area contributed by atoms with E-state index in [4.69, 9.17) is 4.74 Å². The van der Waals surface area contributed by atoms with Gasteiger partial charge in [0, 0.05) is 16.8 Å². The Morgan fingerprint density at radius 2 is 2.00 bits per heavy atom. The van der Waals surface area contributed by atoms with Gasteiger partial charge in [-0.3, -0.25) is 0 Å². The van der Waals surface area contributed by atoms with Crippen LogP contribution in [0, 0.1) is 18.2 Å². The van der Waals surface area contributed by atoms with Crippen molar-refractivity contribution in [2.45, 2.75) is 57.4 Å². The molecular formula is C26H26F3NO. The Bertz CT molecular complexity index is 1120. The predicted molar refractivity (Wildman–Crippen MR) is 118 cm³/mol. The maximum atomic E-state index is 15.5. The molecule has 31 heavy (non-hydrogen) atoms. The number of rotatable bonds is 3. The van der Waals surface area contributed by atoms with Gasteiger partial charge in [0.1, 0.15) is 17.7 Å². The van der Waals surface area contributed by atoms with E-state index in [2.05, 4.69) is 11.9 Å². The molecule has 162 valence electrons. The van der Waals surface area contributed by atoms with E-state index < -0.39 is 23.3 Å². The van der Waals surface area contributed by atoms with E-state index in [9.17, 15) is 4.39 Å². The van der Waals surface area contributed by atoms with E-state index in [0.29, 0.717) is 24.2 Å². The molecule has 2 aliphatic carbocycles. The van der Waals surface area contributed by atoms with Crippen LogP contribution in [0.15, 0.2) is 43.2 Å². The molecule has 0 aromatic heterocycles. The van der Waals surface area contributed by atoms with Crippen molar-refractivity contribution in [3.05, 3.63) is 76.8 Å². The topological polar surface area (TPSA) is 21.3 Å². The zero-order chi connectivity index (χ0) is 22.1. The SMILES string of the molecule is C=C1OC=Cc2c(NC3c4ccc(F)c(C)c4C(CC)C[C@@]34C(F)C4(C)F)cccc21. The molecule has 1 fully saturated rings. The fraction of sp³-hybridized carbons (Fsp3) is 0.385. The van der Waals surface area contributed by atoms with Gasteiger partial charge in [-0.05, 0) is 67.5 Å². The number of anilines is 1. The molecule has 2 aromatic carbocycles. The maximum Gasteiger partial charge on any atom is 0.150 e. The standard InChI is InChI=1S/C26H26F3NO/c1-5-16-13-26(24(28)25(26,4)29)23(19-9-10-20(27)14(2)22(16)19)30-21-8-6-7-17-15(3)31-12-11-18(17)21/h6-12,16,23-24,30H,3,5,13H2,1-2,4H3/t16?,23?,24?,25?,26-/m0/s1. The molecule has 1 heterocycles. The summed E-state index contributed by atoms with van der Waals surface area (Å²) in [6.07, 6.45) is 2.84. The van der Waals surface area contributed by atoms with Crippen LogP contribution in [0.25, 0.3) is 11.8 Å². The molecular weight excluding hydrogens is 399 g/mol. The van der Waals surface area contributed by atoms with Gasteiger partial charge in [0.2, 0.25) is 0 Å². The summed E-state index contributed by atoms with van der Waals surface area (Å²) in [5.74, 6) is 0.155. The number of benzene rings is 2. The molecule has 1 N–H and O–H groups in total. The number of nitrogens with one attached hydrogen (secondary N) is 1. The minimum atomic E-state index is -1.95. The Hall–Kier alpha value is -2.69. The van der Waals surface area contributed by atoms with Crippen LogP contribution in [0.1, 0.15) is 66.5 Å². The molecule has 5 rings (SSSR count). The number of fused-ring (bicyclic) bond motifs is 2. The van der Waals surface area contributed by atoms with Gasteiger partial charge in [-0.25, -0.2) is 13.2 Å². The number of hydrogen-bond donors (Lipinski definition) is 1. The van der Waals surface area contributed by atoms with Gasteiger partial charge in [-0.15, -0.1) is 0 Å². The molecule has 1 saturated carbocycles. The molecule has 0 bridgehead atoms. The van der Waals surface area contributed by atoms with E-state index in [1.54, 1.807) is 19.3 Å². The molecule has 4 unspecified atom stereocenters. The van der Waals surface area contributed by atoms with Crippen molar-refractivity contribution in [1.29, 1.82) is 0 Å². The van der Waals surface area contributed by atoms with Gasteiger partial charge in [0.15, 0.2) is 5.67 Å². The Kier molecular flexibility index (Phi) is 4.34. The number of alkyl halides is 2. The van der Waals surface area contributed by atoms with Gasteiger partial charge in [-0.1, -0.05) is 31.7 Å². The summed E-state index contributed by atoms with van der Waals surface area (Å²) >= 11 is 0. The average molecular weight is 425 g/mol. The molecule has 2 nitrogen and oxygen atoms in total. The summed E-state index contributed by atoms with van der Waals surface area (Å²) < 4.78 is 50.6. The monoisotopic (exact) mass is 425 g/mol. The number of hydrogen-bond acceptors (Lipinski definition) is 2. The van der Waals surface area contributed by atoms with Crippen LogP contribution >= 0.6 is 0 Å². The molecule has 0 saturated heterocycles. The molecule has 5 heteroatoms. The van der Waals surface area contributed by atoms with Gasteiger partial charge in [-0.2, -0.15) is 0 Å². The van der Waals surface area contributed by atoms with Crippen molar-refractivity contribution in [2.24, 2.45) is 5.41 Å². The highest BCUT2D eigenvalue weighted by atomic mass is 19.2. The van der Waals surface area contributed by atoms with Crippen LogP contribution in [0.4, 0.5) is 18.9 Å². The largest absolute Gasteiger partial charge is 0.465 e. The Morgan fingerprint density at radius 3 is 2.68 bits per heavy atom. The summed E-state index contributed by atoms with van der Waals surface area (Å²) in [4.78, 5) is 0. The summed E-state index contributed by atoms with van der Waals surface area (Å²) in [5, 5.41) is 3.47. The smallest absolute Gasteiger partial charge is 0.150 e. The first kappa shape index (κ1) is 20.2. The molecule has 5 atom stereocenters. The Morgan fingerprint density at radius 1 is 1.26 bits per heavy atom. The summed E-state index contributed by atoms with van der Waals surface area (Å²) in [7, 11) is 0. The highest BCUT2D eigenvalue weighted by molar-refractivity contribution is 5.81. The van der Waals surface area contributed by atoms with Gasteiger partial charge >= 0.3 is 0 Å². The first-order valence-corrected chi connectivity index (χ1v) is 10.8. The summed E-state index contributed by atoms with van der Waals surface area (Å²) in [6, 6.07) is 8.15. The van der Waals surface area contributed by atoms with Crippen molar-refractivity contribution in [3.63, 3.8) is 0 Å². The van der Waals surface area contributed by atoms with Crippen LogP contribution < -0.4 is 5.32 Å². The second-order valence-corrected chi connectivity index (χ2v) is 9.15. The predicted octanol–water partition coefficient (Wildman–Crippen LogP) is 7.22. The zero-order valence-corrected chi connectivity index (χ0v) is 17.9. The second kappa shape index (κ2) is 6.65. The van der Waals surface area contributed by atoms with Crippen LogP contribution in [-0.2, 0) is 4.74 Å². The Balaban J connectivity index is 1.69.